The maximum absolute atomic E-state index is 11.1. The highest BCUT2D eigenvalue weighted by Gasteiger charge is 2.11. The maximum atomic E-state index is 11.1. The normalized spacial score (nSPS) is 12.2. The van der Waals surface area contributed by atoms with Crippen LogP contribution in [-0.4, -0.2) is 11.7 Å². The first kappa shape index (κ1) is 12.5. The zero-order valence-corrected chi connectivity index (χ0v) is 10.8. The van der Waals surface area contributed by atoms with Crippen molar-refractivity contribution >= 4 is 33.6 Å². The number of thioether (sulfide) groups is 1. The van der Waals surface area contributed by atoms with Gasteiger partial charge in [-0.05, 0) is 24.3 Å². The molecule has 5 heteroatoms. The van der Waals surface area contributed by atoms with Crippen LogP contribution >= 0.6 is 27.7 Å². The Hall–Kier alpha value is -0.520. The molecule has 1 unspecified atom stereocenters. The van der Waals surface area contributed by atoms with Crippen LogP contribution in [0.15, 0.2) is 33.6 Å². The fourth-order valence-electron chi connectivity index (χ4n) is 0.970. The average molecular weight is 289 g/mol. The third kappa shape index (κ3) is 4.24. The SMILES string of the molecule is CC(CSc1ccc(Br)cc1)C(=O)NN. The number of halogens is 1. The summed E-state index contributed by atoms with van der Waals surface area (Å²) in [6, 6.07) is 8.00. The van der Waals surface area contributed by atoms with Crippen LogP contribution < -0.4 is 11.3 Å². The smallest absolute Gasteiger partial charge is 0.237 e. The molecule has 1 rings (SSSR count). The molecule has 0 aliphatic rings. The van der Waals surface area contributed by atoms with Gasteiger partial charge < -0.3 is 0 Å². The summed E-state index contributed by atoms with van der Waals surface area (Å²) < 4.78 is 1.06. The van der Waals surface area contributed by atoms with E-state index in [4.69, 9.17) is 5.84 Å². The molecule has 82 valence electrons. The van der Waals surface area contributed by atoms with Gasteiger partial charge in [0.05, 0.1) is 0 Å². The second-order valence-electron chi connectivity index (χ2n) is 3.17. The van der Waals surface area contributed by atoms with Gasteiger partial charge in [-0.15, -0.1) is 11.8 Å². The monoisotopic (exact) mass is 288 g/mol. The summed E-state index contributed by atoms with van der Waals surface area (Å²) in [5.41, 5.74) is 2.15. The molecule has 0 saturated heterocycles. The van der Waals surface area contributed by atoms with Gasteiger partial charge in [0.1, 0.15) is 0 Å². The van der Waals surface area contributed by atoms with E-state index in [1.807, 2.05) is 31.2 Å². The van der Waals surface area contributed by atoms with Gasteiger partial charge in [0, 0.05) is 21.0 Å². The quantitative estimate of drug-likeness (QED) is 0.386. The second-order valence-corrected chi connectivity index (χ2v) is 5.18. The van der Waals surface area contributed by atoms with E-state index in [-0.39, 0.29) is 11.8 Å². The van der Waals surface area contributed by atoms with Crippen LogP contribution in [0.25, 0.3) is 0 Å². The molecule has 1 aromatic carbocycles. The van der Waals surface area contributed by atoms with Crippen molar-refractivity contribution in [2.24, 2.45) is 11.8 Å². The number of hydrazine groups is 1. The summed E-state index contributed by atoms with van der Waals surface area (Å²) in [5, 5.41) is 0. The predicted octanol–water partition coefficient (Wildman–Crippen LogP) is 2.17. The molecule has 3 N–H and O–H groups in total. The Balaban J connectivity index is 2.43. The molecule has 0 fully saturated rings. The molecular weight excluding hydrogens is 276 g/mol. The molecule has 1 aromatic rings. The van der Waals surface area contributed by atoms with Crippen LogP contribution in [0.2, 0.25) is 0 Å². The molecule has 1 atom stereocenters. The van der Waals surface area contributed by atoms with Gasteiger partial charge in [0.25, 0.3) is 0 Å². The molecule has 15 heavy (non-hydrogen) atoms. The number of hydrogen-bond acceptors (Lipinski definition) is 3. The molecule has 0 heterocycles. The van der Waals surface area contributed by atoms with Crippen molar-refractivity contribution in [2.75, 3.05) is 5.75 Å². The first-order valence-electron chi connectivity index (χ1n) is 4.52. The Kier molecular flexibility index (Phi) is 5.14. The minimum Gasteiger partial charge on any atom is -0.294 e. The highest BCUT2D eigenvalue weighted by molar-refractivity contribution is 9.10. The van der Waals surface area contributed by atoms with Crippen LogP contribution in [0.1, 0.15) is 6.92 Å². The van der Waals surface area contributed by atoms with Gasteiger partial charge in [-0.3, -0.25) is 10.2 Å². The van der Waals surface area contributed by atoms with Crippen molar-refractivity contribution in [3.8, 4) is 0 Å². The Bertz CT molecular complexity index is 329. The standard InChI is InChI=1S/C10H13BrN2OS/c1-7(10(14)13-12)6-15-9-4-2-8(11)3-5-9/h2-5,7H,6,12H2,1H3,(H,13,14). The number of benzene rings is 1. The largest absolute Gasteiger partial charge is 0.294 e. The topological polar surface area (TPSA) is 55.1 Å². The van der Waals surface area contributed by atoms with E-state index in [9.17, 15) is 4.79 Å². The summed E-state index contributed by atoms with van der Waals surface area (Å²) in [6.45, 7) is 1.86. The van der Waals surface area contributed by atoms with Crippen molar-refractivity contribution in [2.45, 2.75) is 11.8 Å². The van der Waals surface area contributed by atoms with Crippen LogP contribution in [0, 0.1) is 5.92 Å². The first-order chi connectivity index (χ1) is 7.13. The third-order valence-corrected chi connectivity index (χ3v) is 3.70. The zero-order chi connectivity index (χ0) is 11.3. The lowest BCUT2D eigenvalue weighted by Gasteiger charge is -2.08. The van der Waals surface area contributed by atoms with E-state index in [0.29, 0.717) is 0 Å². The average Bonchev–Trinajstić information content (AvgIpc) is 2.26. The summed E-state index contributed by atoms with van der Waals surface area (Å²) >= 11 is 5.01. The lowest BCUT2D eigenvalue weighted by atomic mass is 10.2. The van der Waals surface area contributed by atoms with E-state index < -0.39 is 0 Å². The molecule has 0 aliphatic carbocycles. The Morgan fingerprint density at radius 1 is 1.53 bits per heavy atom. The minimum absolute atomic E-state index is 0.0800. The van der Waals surface area contributed by atoms with Crippen molar-refractivity contribution < 1.29 is 4.79 Å². The van der Waals surface area contributed by atoms with Crippen molar-refractivity contribution in [3.63, 3.8) is 0 Å². The zero-order valence-electron chi connectivity index (χ0n) is 8.37. The van der Waals surface area contributed by atoms with E-state index in [1.54, 1.807) is 11.8 Å². The molecule has 0 aromatic heterocycles. The van der Waals surface area contributed by atoms with Crippen LogP contribution in [-0.2, 0) is 4.79 Å². The number of nitrogens with one attached hydrogen (secondary N) is 1. The number of amides is 1. The summed E-state index contributed by atoms with van der Waals surface area (Å²) in [4.78, 5) is 12.3. The van der Waals surface area contributed by atoms with Gasteiger partial charge in [0.15, 0.2) is 0 Å². The lowest BCUT2D eigenvalue weighted by Crippen LogP contribution is -2.35. The van der Waals surface area contributed by atoms with Gasteiger partial charge in [-0.1, -0.05) is 22.9 Å². The summed E-state index contributed by atoms with van der Waals surface area (Å²) in [6.07, 6.45) is 0. The van der Waals surface area contributed by atoms with E-state index in [2.05, 4.69) is 21.4 Å². The van der Waals surface area contributed by atoms with Crippen LogP contribution in [0.4, 0.5) is 0 Å². The number of nitrogens with two attached hydrogens (primary N) is 1. The Labute approximate surface area is 102 Å². The number of hydrogen-bond donors (Lipinski definition) is 2. The molecule has 0 aliphatic heterocycles. The van der Waals surface area contributed by atoms with Gasteiger partial charge >= 0.3 is 0 Å². The summed E-state index contributed by atoms with van der Waals surface area (Å²) in [7, 11) is 0. The number of carbonyl (C=O) groups is 1. The molecule has 1 amide bonds. The number of carbonyl (C=O) groups excluding carboxylic acids is 1. The van der Waals surface area contributed by atoms with Crippen LogP contribution in [0.3, 0.4) is 0 Å². The minimum atomic E-state index is -0.125. The Morgan fingerprint density at radius 2 is 2.13 bits per heavy atom. The maximum Gasteiger partial charge on any atom is 0.237 e. The molecule has 0 bridgehead atoms. The fraction of sp³-hybridized carbons (Fsp3) is 0.300. The van der Waals surface area contributed by atoms with E-state index in [1.165, 1.54) is 0 Å². The van der Waals surface area contributed by atoms with Gasteiger partial charge in [-0.2, -0.15) is 0 Å². The molecule has 0 spiro atoms. The molecule has 3 nitrogen and oxygen atoms in total. The van der Waals surface area contributed by atoms with Crippen molar-refractivity contribution in [3.05, 3.63) is 28.7 Å². The Morgan fingerprint density at radius 3 is 2.67 bits per heavy atom. The van der Waals surface area contributed by atoms with Crippen molar-refractivity contribution in [1.29, 1.82) is 0 Å². The van der Waals surface area contributed by atoms with Crippen LogP contribution in [0.5, 0.6) is 0 Å². The van der Waals surface area contributed by atoms with Gasteiger partial charge in [0.2, 0.25) is 5.91 Å². The fourth-order valence-corrected chi connectivity index (χ4v) is 2.16. The first-order valence-corrected chi connectivity index (χ1v) is 6.30. The second kappa shape index (κ2) is 6.15. The lowest BCUT2D eigenvalue weighted by molar-refractivity contribution is -0.123. The molecular formula is C10H13BrN2OS. The summed E-state index contributed by atoms with van der Waals surface area (Å²) in [5.74, 6) is 5.57. The van der Waals surface area contributed by atoms with E-state index in [0.717, 1.165) is 15.1 Å². The highest BCUT2D eigenvalue weighted by Crippen LogP contribution is 2.22. The highest BCUT2D eigenvalue weighted by atomic mass is 79.9. The van der Waals surface area contributed by atoms with Crippen molar-refractivity contribution in [1.82, 2.24) is 5.43 Å². The molecule has 0 saturated carbocycles. The number of rotatable bonds is 4. The molecule has 0 radical (unpaired) electrons. The van der Waals surface area contributed by atoms with E-state index >= 15 is 0 Å². The predicted molar refractivity (Wildman–Crippen MR) is 66.4 cm³/mol. The third-order valence-electron chi connectivity index (χ3n) is 1.90. The van der Waals surface area contributed by atoms with Gasteiger partial charge in [-0.25, -0.2) is 5.84 Å².